The number of urea groups is 1. The lowest BCUT2D eigenvalue weighted by Gasteiger charge is -2.49. The average molecular weight is 411 g/mol. The number of carbonyl (C=O) groups is 2. The molecule has 0 aromatic heterocycles. The molecule has 3 rings (SSSR count). The minimum atomic E-state index is -1.26. The van der Waals surface area contributed by atoms with Crippen molar-refractivity contribution < 1.29 is 19.1 Å². The van der Waals surface area contributed by atoms with Crippen LogP contribution in [0.25, 0.3) is 0 Å². The number of carbonyl (C=O) groups excluding carboxylic acids is 2. The van der Waals surface area contributed by atoms with Crippen molar-refractivity contribution in [1.29, 1.82) is 0 Å². The molecule has 0 unspecified atom stereocenters. The van der Waals surface area contributed by atoms with Crippen LogP contribution in [0.3, 0.4) is 0 Å². The second-order valence-corrected chi connectivity index (χ2v) is 7.59. The lowest BCUT2D eigenvalue weighted by Crippen LogP contribution is -2.64. The monoisotopic (exact) mass is 411 g/mol. The summed E-state index contributed by atoms with van der Waals surface area (Å²) >= 11 is 0. The number of amides is 3. The molecule has 2 aromatic rings. The Balaban J connectivity index is 1.96. The van der Waals surface area contributed by atoms with Gasteiger partial charge in [0.15, 0.2) is 0 Å². The Bertz CT molecular complexity index is 900. The van der Waals surface area contributed by atoms with Crippen molar-refractivity contribution in [3.05, 3.63) is 84.2 Å². The van der Waals surface area contributed by atoms with E-state index in [4.69, 9.17) is 0 Å². The molecule has 158 valence electrons. The molecule has 1 heterocycles. The molecule has 0 saturated carbocycles. The summed E-state index contributed by atoms with van der Waals surface area (Å²) in [5, 5.41) is 16.8. The third-order valence-corrected chi connectivity index (χ3v) is 5.37. The number of nitrogens with zero attached hydrogens (tertiary/aromatic N) is 1. The van der Waals surface area contributed by atoms with Crippen molar-refractivity contribution in [2.24, 2.45) is 0 Å². The van der Waals surface area contributed by atoms with Gasteiger partial charge in [-0.1, -0.05) is 36.4 Å². The summed E-state index contributed by atoms with van der Waals surface area (Å²) < 4.78 is 13.2. The number of aliphatic hydroxyl groups is 1. The molecule has 0 radical (unpaired) electrons. The fourth-order valence-corrected chi connectivity index (χ4v) is 3.73. The normalized spacial score (nSPS) is 23.5. The maximum absolute atomic E-state index is 13.2. The predicted octanol–water partition coefficient (Wildman–Crippen LogP) is 3.02. The Morgan fingerprint density at radius 3 is 2.53 bits per heavy atom. The first-order valence-electron chi connectivity index (χ1n) is 9.82. The minimum Gasteiger partial charge on any atom is -0.388 e. The van der Waals surface area contributed by atoms with E-state index in [9.17, 15) is 19.1 Å². The van der Waals surface area contributed by atoms with Gasteiger partial charge in [-0.25, -0.2) is 9.18 Å². The van der Waals surface area contributed by atoms with Crippen LogP contribution in [0.5, 0.6) is 0 Å². The third-order valence-electron chi connectivity index (χ3n) is 5.37. The fraction of sp³-hybridized carbons (Fsp3) is 0.304. The quantitative estimate of drug-likeness (QED) is 0.662. The molecule has 1 aliphatic rings. The molecule has 7 heteroatoms. The van der Waals surface area contributed by atoms with E-state index >= 15 is 0 Å². The maximum atomic E-state index is 13.2. The van der Waals surface area contributed by atoms with Gasteiger partial charge in [0, 0.05) is 18.7 Å². The van der Waals surface area contributed by atoms with Crippen LogP contribution < -0.4 is 10.6 Å². The second-order valence-electron chi connectivity index (χ2n) is 7.59. The molecule has 2 aromatic carbocycles. The largest absolute Gasteiger partial charge is 0.388 e. The summed E-state index contributed by atoms with van der Waals surface area (Å²) in [4.78, 5) is 27.3. The van der Waals surface area contributed by atoms with E-state index in [-0.39, 0.29) is 18.0 Å². The summed E-state index contributed by atoms with van der Waals surface area (Å²) in [5.74, 6) is -0.891. The van der Waals surface area contributed by atoms with Crippen LogP contribution in [0.4, 0.5) is 9.18 Å². The predicted molar refractivity (Wildman–Crippen MR) is 112 cm³/mol. The van der Waals surface area contributed by atoms with Gasteiger partial charge in [0.1, 0.15) is 5.82 Å². The summed E-state index contributed by atoms with van der Waals surface area (Å²) in [6.45, 7) is 5.89. The number of benzene rings is 2. The first kappa shape index (κ1) is 21.5. The number of rotatable bonds is 5. The number of hydrogen-bond acceptors (Lipinski definition) is 3. The molecule has 0 bridgehead atoms. The van der Waals surface area contributed by atoms with Crippen LogP contribution >= 0.6 is 0 Å². The average Bonchev–Trinajstić information content (AvgIpc) is 2.74. The van der Waals surface area contributed by atoms with E-state index in [2.05, 4.69) is 17.2 Å². The van der Waals surface area contributed by atoms with Gasteiger partial charge in [0.2, 0.25) is 0 Å². The molecular formula is C23H26FN3O3. The number of likely N-dealkylation sites (tertiary alicyclic amines) is 1. The molecule has 6 nitrogen and oxygen atoms in total. The Hall–Kier alpha value is -3.19. The molecule has 1 saturated heterocycles. The van der Waals surface area contributed by atoms with Crippen LogP contribution in [0, 0.1) is 5.82 Å². The van der Waals surface area contributed by atoms with Gasteiger partial charge in [-0.3, -0.25) is 4.79 Å². The zero-order valence-electron chi connectivity index (χ0n) is 16.8. The summed E-state index contributed by atoms with van der Waals surface area (Å²) in [7, 11) is 0. The van der Waals surface area contributed by atoms with E-state index in [0.29, 0.717) is 13.1 Å². The van der Waals surface area contributed by atoms with E-state index < -0.39 is 29.4 Å². The molecule has 0 aliphatic carbocycles. The lowest BCUT2D eigenvalue weighted by molar-refractivity contribution is -0.0510. The van der Waals surface area contributed by atoms with Gasteiger partial charge in [0.25, 0.3) is 5.91 Å². The molecular weight excluding hydrogens is 385 g/mol. The number of hydrogen-bond donors (Lipinski definition) is 3. The van der Waals surface area contributed by atoms with Crippen LogP contribution in [-0.4, -0.2) is 46.7 Å². The van der Waals surface area contributed by atoms with Gasteiger partial charge >= 0.3 is 6.03 Å². The zero-order chi connectivity index (χ0) is 21.7. The molecule has 3 amide bonds. The topological polar surface area (TPSA) is 81.7 Å². The molecule has 1 aliphatic heterocycles. The third kappa shape index (κ3) is 4.68. The maximum Gasteiger partial charge on any atom is 0.318 e. The Kier molecular flexibility index (Phi) is 6.52. The Morgan fingerprint density at radius 1 is 1.23 bits per heavy atom. The fourth-order valence-electron chi connectivity index (χ4n) is 3.73. The van der Waals surface area contributed by atoms with E-state index in [1.807, 2.05) is 30.3 Å². The lowest BCUT2D eigenvalue weighted by atomic mass is 9.79. The van der Waals surface area contributed by atoms with Gasteiger partial charge in [0.05, 0.1) is 17.7 Å². The van der Waals surface area contributed by atoms with Crippen molar-refractivity contribution in [2.45, 2.75) is 31.0 Å². The molecule has 1 fully saturated rings. The van der Waals surface area contributed by atoms with Crippen molar-refractivity contribution in [3.63, 3.8) is 0 Å². The Morgan fingerprint density at radius 2 is 1.90 bits per heavy atom. The number of nitrogens with one attached hydrogen (secondary N) is 2. The highest BCUT2D eigenvalue weighted by atomic mass is 19.1. The summed E-state index contributed by atoms with van der Waals surface area (Å²) in [6, 6.07) is 12.8. The van der Waals surface area contributed by atoms with E-state index in [1.54, 1.807) is 17.9 Å². The van der Waals surface area contributed by atoms with Crippen molar-refractivity contribution in [1.82, 2.24) is 15.5 Å². The zero-order valence-corrected chi connectivity index (χ0v) is 16.8. The summed E-state index contributed by atoms with van der Waals surface area (Å²) in [5.41, 5.74) is -0.200. The first-order chi connectivity index (χ1) is 14.3. The van der Waals surface area contributed by atoms with Crippen molar-refractivity contribution in [2.75, 3.05) is 13.1 Å². The summed E-state index contributed by atoms with van der Waals surface area (Å²) in [6.07, 6.45) is 1.87. The van der Waals surface area contributed by atoms with Crippen molar-refractivity contribution in [3.8, 4) is 0 Å². The highest BCUT2D eigenvalue weighted by molar-refractivity contribution is 5.94. The van der Waals surface area contributed by atoms with Crippen LogP contribution in [-0.2, 0) is 0 Å². The van der Waals surface area contributed by atoms with Gasteiger partial charge < -0.3 is 20.6 Å². The van der Waals surface area contributed by atoms with Gasteiger partial charge in [-0.05, 0) is 43.2 Å². The van der Waals surface area contributed by atoms with Crippen LogP contribution in [0.1, 0.15) is 35.3 Å². The van der Waals surface area contributed by atoms with Crippen LogP contribution in [0.2, 0.25) is 0 Å². The van der Waals surface area contributed by atoms with Crippen molar-refractivity contribution >= 4 is 11.9 Å². The van der Waals surface area contributed by atoms with E-state index in [1.165, 1.54) is 24.3 Å². The minimum absolute atomic E-state index is 0.271. The van der Waals surface area contributed by atoms with Gasteiger partial charge in [-0.15, -0.1) is 6.58 Å². The van der Waals surface area contributed by atoms with E-state index in [0.717, 1.165) is 5.56 Å². The molecule has 3 N–H and O–H groups in total. The smallest absolute Gasteiger partial charge is 0.318 e. The highest BCUT2D eigenvalue weighted by Gasteiger charge is 2.47. The number of piperidine rings is 1. The second kappa shape index (κ2) is 9.09. The SMILES string of the molecule is C=CCNC(=O)N1CC[C@@](C)(O)[C@@H](NC(=O)c2ccc(F)cc2)[C@@H]1c1ccccc1. The first-order valence-corrected chi connectivity index (χ1v) is 9.82. The number of halogens is 1. The molecule has 0 spiro atoms. The van der Waals surface area contributed by atoms with Crippen LogP contribution in [0.15, 0.2) is 67.3 Å². The molecule has 3 atom stereocenters. The standard InChI is InChI=1S/C23H26FN3O3/c1-3-14-25-22(29)27-15-13-23(2,30)20(19(27)16-7-5-4-6-8-16)26-21(28)17-9-11-18(24)12-10-17/h3-12,19-20,30H,1,13-15H2,2H3,(H,25,29)(H,26,28)/t19-,20-,23+/m0/s1. The van der Waals surface area contributed by atoms with Gasteiger partial charge in [-0.2, -0.15) is 0 Å². The highest BCUT2D eigenvalue weighted by Crippen LogP contribution is 2.37. The molecule has 30 heavy (non-hydrogen) atoms. The Labute approximate surface area is 175 Å².